The topological polar surface area (TPSA) is 12.0 Å². The fraction of sp³-hybridized carbons (Fsp3) is 0.571. The van der Waals surface area contributed by atoms with Crippen molar-refractivity contribution >= 4 is 11.8 Å². The lowest BCUT2D eigenvalue weighted by Crippen LogP contribution is -2.26. The van der Waals surface area contributed by atoms with Gasteiger partial charge < -0.3 is 5.32 Å². The Bertz CT molecular complexity index is 354. The van der Waals surface area contributed by atoms with Gasteiger partial charge in [-0.15, -0.1) is 0 Å². The second kappa shape index (κ2) is 4.80. The molecule has 3 rings (SSSR count). The number of piperidine rings is 1. The molecule has 2 saturated heterocycles. The Kier molecular flexibility index (Phi) is 3.20. The molecule has 2 fully saturated rings. The molecule has 1 aromatic rings. The summed E-state index contributed by atoms with van der Waals surface area (Å²) < 4.78 is 0. The van der Waals surface area contributed by atoms with Crippen LogP contribution >= 0.6 is 11.8 Å². The van der Waals surface area contributed by atoms with Crippen molar-refractivity contribution in [1.29, 1.82) is 0 Å². The zero-order chi connectivity index (χ0) is 10.8. The molecule has 0 unspecified atom stereocenters. The lowest BCUT2D eigenvalue weighted by Gasteiger charge is -2.28. The molecule has 16 heavy (non-hydrogen) atoms. The predicted molar refractivity (Wildman–Crippen MR) is 71.4 cm³/mol. The number of rotatable bonds is 2. The van der Waals surface area contributed by atoms with Crippen molar-refractivity contribution in [2.24, 2.45) is 0 Å². The summed E-state index contributed by atoms with van der Waals surface area (Å²) in [5, 5.41) is 3.44. The van der Waals surface area contributed by atoms with Crippen LogP contribution in [0.3, 0.4) is 0 Å². The second-order valence-corrected chi connectivity index (χ2v) is 6.00. The summed E-state index contributed by atoms with van der Waals surface area (Å²) in [6.07, 6.45) is 2.62. The molecule has 1 aromatic carbocycles. The van der Waals surface area contributed by atoms with Crippen LogP contribution < -0.4 is 5.32 Å². The molecule has 1 nitrogen and oxygen atoms in total. The first kappa shape index (κ1) is 10.7. The maximum Gasteiger partial charge on any atom is 0.00199 e. The Hall–Kier alpha value is -0.470. The highest BCUT2D eigenvalue weighted by Crippen LogP contribution is 2.35. The first-order valence-electron chi connectivity index (χ1n) is 6.32. The molecule has 2 aliphatic rings. The number of benzene rings is 1. The van der Waals surface area contributed by atoms with E-state index in [1.807, 2.05) is 0 Å². The summed E-state index contributed by atoms with van der Waals surface area (Å²) in [7, 11) is 0. The highest BCUT2D eigenvalue weighted by Gasteiger charge is 2.21. The van der Waals surface area contributed by atoms with E-state index in [1.165, 1.54) is 37.4 Å². The zero-order valence-corrected chi connectivity index (χ0v) is 10.4. The lowest BCUT2D eigenvalue weighted by atomic mass is 9.88. The first-order valence-corrected chi connectivity index (χ1v) is 7.47. The van der Waals surface area contributed by atoms with Gasteiger partial charge in [-0.1, -0.05) is 24.3 Å². The van der Waals surface area contributed by atoms with Crippen LogP contribution in [-0.4, -0.2) is 24.6 Å². The maximum atomic E-state index is 3.44. The van der Waals surface area contributed by atoms with E-state index in [9.17, 15) is 0 Å². The van der Waals surface area contributed by atoms with Crippen LogP contribution in [0.1, 0.15) is 35.8 Å². The summed E-state index contributed by atoms with van der Waals surface area (Å²) in [4.78, 5) is 0. The maximum absolute atomic E-state index is 3.44. The summed E-state index contributed by atoms with van der Waals surface area (Å²) in [5.74, 6) is 4.30. The van der Waals surface area contributed by atoms with E-state index in [1.54, 1.807) is 11.1 Å². The van der Waals surface area contributed by atoms with Gasteiger partial charge in [0.15, 0.2) is 0 Å². The molecule has 2 aliphatic heterocycles. The standard InChI is InChI=1S/C14H19NS/c1-2-12(11-4-6-15-7-5-11)8-13(3-1)14-9-16-10-14/h1-3,8,11,14-15H,4-7,9-10H2. The van der Waals surface area contributed by atoms with Crippen molar-refractivity contribution in [1.82, 2.24) is 5.32 Å². The van der Waals surface area contributed by atoms with Gasteiger partial charge in [0.1, 0.15) is 0 Å². The number of thioether (sulfide) groups is 1. The molecule has 0 spiro atoms. The Labute approximate surface area is 102 Å². The van der Waals surface area contributed by atoms with E-state index < -0.39 is 0 Å². The highest BCUT2D eigenvalue weighted by atomic mass is 32.2. The van der Waals surface area contributed by atoms with E-state index in [0.29, 0.717) is 0 Å². The van der Waals surface area contributed by atoms with Crippen LogP contribution in [0.5, 0.6) is 0 Å². The van der Waals surface area contributed by atoms with E-state index in [-0.39, 0.29) is 0 Å². The Balaban J connectivity index is 1.77. The molecular formula is C14H19NS. The summed E-state index contributed by atoms with van der Waals surface area (Å²) in [6, 6.07) is 9.37. The quantitative estimate of drug-likeness (QED) is 0.843. The minimum Gasteiger partial charge on any atom is -0.317 e. The molecule has 2 heterocycles. The number of nitrogens with one attached hydrogen (secondary N) is 1. The van der Waals surface area contributed by atoms with E-state index in [4.69, 9.17) is 0 Å². The molecular weight excluding hydrogens is 214 g/mol. The van der Waals surface area contributed by atoms with Crippen LogP contribution in [0.4, 0.5) is 0 Å². The molecule has 2 heteroatoms. The fourth-order valence-corrected chi connectivity index (χ4v) is 3.51. The van der Waals surface area contributed by atoms with Crippen molar-refractivity contribution < 1.29 is 0 Å². The van der Waals surface area contributed by atoms with Gasteiger partial charge in [-0.2, -0.15) is 11.8 Å². The minimum atomic E-state index is 0.800. The highest BCUT2D eigenvalue weighted by molar-refractivity contribution is 8.00. The van der Waals surface area contributed by atoms with Gasteiger partial charge in [0.2, 0.25) is 0 Å². The number of hydrogen-bond donors (Lipinski definition) is 1. The van der Waals surface area contributed by atoms with Gasteiger partial charge in [-0.25, -0.2) is 0 Å². The average Bonchev–Trinajstić information content (AvgIpc) is 2.28. The largest absolute Gasteiger partial charge is 0.317 e. The molecule has 1 N–H and O–H groups in total. The Morgan fingerprint density at radius 1 is 1.00 bits per heavy atom. The van der Waals surface area contributed by atoms with E-state index >= 15 is 0 Å². The zero-order valence-electron chi connectivity index (χ0n) is 9.61. The molecule has 0 aliphatic carbocycles. The van der Waals surface area contributed by atoms with Crippen LogP contribution in [-0.2, 0) is 0 Å². The van der Waals surface area contributed by atoms with Crippen LogP contribution in [0.2, 0.25) is 0 Å². The minimum absolute atomic E-state index is 0.800. The van der Waals surface area contributed by atoms with Crippen LogP contribution in [0.25, 0.3) is 0 Å². The third kappa shape index (κ3) is 2.14. The monoisotopic (exact) mass is 233 g/mol. The fourth-order valence-electron chi connectivity index (χ4n) is 2.65. The van der Waals surface area contributed by atoms with Crippen molar-refractivity contribution in [2.75, 3.05) is 24.6 Å². The lowest BCUT2D eigenvalue weighted by molar-refractivity contribution is 0.460. The van der Waals surface area contributed by atoms with Crippen LogP contribution in [0, 0.1) is 0 Å². The Morgan fingerprint density at radius 2 is 1.69 bits per heavy atom. The molecule has 0 radical (unpaired) electrons. The second-order valence-electron chi connectivity index (χ2n) is 4.93. The smallest absolute Gasteiger partial charge is 0.00199 e. The van der Waals surface area contributed by atoms with Crippen LogP contribution in [0.15, 0.2) is 24.3 Å². The van der Waals surface area contributed by atoms with Gasteiger partial charge in [0, 0.05) is 17.4 Å². The number of hydrogen-bond acceptors (Lipinski definition) is 2. The van der Waals surface area contributed by atoms with Crippen molar-refractivity contribution in [3.8, 4) is 0 Å². The van der Waals surface area contributed by atoms with Gasteiger partial charge >= 0.3 is 0 Å². The molecule has 0 aromatic heterocycles. The van der Waals surface area contributed by atoms with Gasteiger partial charge in [0.05, 0.1) is 0 Å². The summed E-state index contributed by atoms with van der Waals surface area (Å²) >= 11 is 2.07. The average molecular weight is 233 g/mol. The van der Waals surface area contributed by atoms with Gasteiger partial charge in [-0.3, -0.25) is 0 Å². The van der Waals surface area contributed by atoms with Gasteiger partial charge in [0.25, 0.3) is 0 Å². The molecule has 0 amide bonds. The van der Waals surface area contributed by atoms with E-state index in [0.717, 1.165) is 11.8 Å². The molecule has 0 bridgehead atoms. The van der Waals surface area contributed by atoms with Crippen molar-refractivity contribution in [3.05, 3.63) is 35.4 Å². The molecule has 0 saturated carbocycles. The first-order chi connectivity index (χ1) is 7.93. The van der Waals surface area contributed by atoms with Gasteiger partial charge in [-0.05, 0) is 43.0 Å². The summed E-state index contributed by atoms with van der Waals surface area (Å²) in [6.45, 7) is 2.38. The third-order valence-electron chi connectivity index (χ3n) is 3.83. The van der Waals surface area contributed by atoms with Crippen molar-refractivity contribution in [2.45, 2.75) is 24.7 Å². The predicted octanol–water partition coefficient (Wildman–Crippen LogP) is 2.98. The SMILES string of the molecule is c1cc(C2CCNCC2)cc(C2CSC2)c1. The Morgan fingerprint density at radius 3 is 2.31 bits per heavy atom. The molecule has 86 valence electrons. The summed E-state index contributed by atoms with van der Waals surface area (Å²) in [5.41, 5.74) is 3.16. The normalized spacial score (nSPS) is 23.0. The third-order valence-corrected chi connectivity index (χ3v) is 5.11. The van der Waals surface area contributed by atoms with Crippen molar-refractivity contribution in [3.63, 3.8) is 0 Å². The molecule has 0 atom stereocenters. The van der Waals surface area contributed by atoms with E-state index in [2.05, 4.69) is 41.3 Å².